The highest BCUT2D eigenvalue weighted by Crippen LogP contribution is 2.50. The molecule has 0 N–H and O–H groups in total. The molecule has 1 amide bonds. The van der Waals surface area contributed by atoms with Crippen LogP contribution in [0.1, 0.15) is 38.7 Å². The van der Waals surface area contributed by atoms with Gasteiger partial charge in [-0.3, -0.25) is 14.4 Å². The number of ether oxygens (including phenoxy) is 1. The maximum absolute atomic E-state index is 15.2. The first-order valence-corrected chi connectivity index (χ1v) is 12.2. The second kappa shape index (κ2) is 9.12. The molecule has 1 aromatic heterocycles. The molecule has 0 radical (unpaired) electrons. The zero-order chi connectivity index (χ0) is 23.9. The molecule has 0 bridgehead atoms. The number of benzene rings is 1. The van der Waals surface area contributed by atoms with E-state index in [-0.39, 0.29) is 18.3 Å². The van der Waals surface area contributed by atoms with E-state index in [9.17, 15) is 4.79 Å². The molecule has 2 aromatic rings. The van der Waals surface area contributed by atoms with E-state index in [1.807, 2.05) is 39.2 Å². The molecule has 0 saturated carbocycles. The number of nitrogens with zero attached hydrogens (tertiary/aromatic N) is 4. The van der Waals surface area contributed by atoms with Crippen LogP contribution in [-0.4, -0.2) is 57.8 Å². The Morgan fingerprint density at radius 1 is 1.26 bits per heavy atom. The molecule has 34 heavy (non-hydrogen) atoms. The fraction of sp³-hybridized carbons (Fsp3) is 0.481. The number of allylic oxidation sites excluding steroid dienone is 3. The van der Waals surface area contributed by atoms with Crippen molar-refractivity contribution in [1.29, 1.82) is 0 Å². The molecule has 3 saturated heterocycles. The predicted octanol–water partition coefficient (Wildman–Crippen LogP) is 4.29. The van der Waals surface area contributed by atoms with E-state index in [1.165, 1.54) is 6.07 Å². The van der Waals surface area contributed by atoms with Crippen LogP contribution in [0.15, 0.2) is 54.0 Å². The third kappa shape index (κ3) is 3.81. The summed E-state index contributed by atoms with van der Waals surface area (Å²) in [6, 6.07) is 5.60. The largest absolute Gasteiger partial charge is 0.380 e. The minimum absolute atomic E-state index is 0.0867. The maximum Gasteiger partial charge on any atom is 0.239 e. The number of halogens is 1. The van der Waals surface area contributed by atoms with Crippen LogP contribution in [-0.2, 0) is 23.1 Å². The van der Waals surface area contributed by atoms with Crippen LogP contribution >= 0.6 is 0 Å². The van der Waals surface area contributed by atoms with Crippen LogP contribution in [0.25, 0.3) is 11.1 Å². The first-order chi connectivity index (χ1) is 16.5. The summed E-state index contributed by atoms with van der Waals surface area (Å²) in [5.74, 6) is -0.219. The smallest absolute Gasteiger partial charge is 0.239 e. The van der Waals surface area contributed by atoms with Gasteiger partial charge < -0.3 is 9.64 Å². The van der Waals surface area contributed by atoms with Gasteiger partial charge in [0.2, 0.25) is 5.91 Å². The first kappa shape index (κ1) is 23.0. The lowest BCUT2D eigenvalue weighted by molar-refractivity contribution is -0.134. The molecule has 7 heteroatoms. The molecule has 1 spiro atoms. The lowest BCUT2D eigenvalue weighted by Gasteiger charge is -2.32. The van der Waals surface area contributed by atoms with Gasteiger partial charge in [0, 0.05) is 49.3 Å². The Hall–Kier alpha value is -2.77. The molecular weight excluding hydrogens is 431 g/mol. The molecular formula is C27H33FN4O2. The summed E-state index contributed by atoms with van der Waals surface area (Å²) in [5.41, 5.74) is 3.59. The van der Waals surface area contributed by atoms with Crippen LogP contribution in [0, 0.1) is 11.2 Å². The average molecular weight is 465 g/mol. The van der Waals surface area contributed by atoms with Crippen molar-refractivity contribution in [2.45, 2.75) is 45.7 Å². The second-order valence-electron chi connectivity index (χ2n) is 9.65. The molecule has 180 valence electrons. The highest BCUT2D eigenvalue weighted by molar-refractivity contribution is 5.94. The van der Waals surface area contributed by atoms with Gasteiger partial charge in [-0.15, -0.1) is 0 Å². The molecule has 1 aromatic carbocycles. The van der Waals surface area contributed by atoms with Crippen LogP contribution in [0.5, 0.6) is 0 Å². The van der Waals surface area contributed by atoms with Gasteiger partial charge in [-0.05, 0) is 56.9 Å². The fourth-order valence-electron chi connectivity index (χ4n) is 5.92. The third-order valence-electron chi connectivity index (χ3n) is 7.67. The molecule has 2 atom stereocenters. The van der Waals surface area contributed by atoms with Gasteiger partial charge in [0.25, 0.3) is 0 Å². The lowest BCUT2D eigenvalue weighted by atomic mass is 9.80. The van der Waals surface area contributed by atoms with Crippen molar-refractivity contribution in [3.05, 3.63) is 65.4 Å². The summed E-state index contributed by atoms with van der Waals surface area (Å²) in [7, 11) is 1.84. The molecule has 3 aliphatic rings. The second-order valence-corrected chi connectivity index (χ2v) is 9.65. The molecule has 5 rings (SSSR count). The van der Waals surface area contributed by atoms with E-state index >= 15 is 4.39 Å². The van der Waals surface area contributed by atoms with Crippen molar-refractivity contribution in [2.24, 2.45) is 12.5 Å². The summed E-state index contributed by atoms with van der Waals surface area (Å²) in [6.45, 7) is 7.35. The van der Waals surface area contributed by atoms with Gasteiger partial charge in [0.05, 0.1) is 24.8 Å². The van der Waals surface area contributed by atoms with Gasteiger partial charge in [0.15, 0.2) is 0 Å². The van der Waals surface area contributed by atoms with Crippen molar-refractivity contribution in [3.8, 4) is 11.1 Å². The average Bonchev–Trinajstić information content (AvgIpc) is 3.54. The number of aryl methyl sites for hydroxylation is 1. The summed E-state index contributed by atoms with van der Waals surface area (Å²) >= 11 is 0. The Morgan fingerprint density at radius 3 is 2.76 bits per heavy atom. The minimum atomic E-state index is -0.555. The number of aromatic nitrogens is 2. The fourth-order valence-corrected chi connectivity index (χ4v) is 5.92. The van der Waals surface area contributed by atoms with Gasteiger partial charge in [0.1, 0.15) is 5.82 Å². The normalized spacial score (nSPS) is 28.2. The Balaban J connectivity index is 1.41. The van der Waals surface area contributed by atoms with Crippen LogP contribution in [0.3, 0.4) is 0 Å². The highest BCUT2D eigenvalue weighted by atomic mass is 19.1. The summed E-state index contributed by atoms with van der Waals surface area (Å²) in [6.07, 6.45) is 10.6. The van der Waals surface area contributed by atoms with Crippen LogP contribution < -0.4 is 0 Å². The van der Waals surface area contributed by atoms with E-state index in [1.54, 1.807) is 21.8 Å². The van der Waals surface area contributed by atoms with Gasteiger partial charge in [-0.2, -0.15) is 5.10 Å². The summed E-state index contributed by atoms with van der Waals surface area (Å²) < 4.78 is 22.6. The lowest BCUT2D eigenvalue weighted by Crippen LogP contribution is -2.43. The highest BCUT2D eigenvalue weighted by Gasteiger charge is 2.56. The number of hydrogen-bond acceptors (Lipinski definition) is 4. The number of carbonyl (C=O) groups excluding carboxylic acids is 1. The molecule has 3 aliphatic heterocycles. The van der Waals surface area contributed by atoms with Gasteiger partial charge in [-0.1, -0.05) is 24.3 Å². The van der Waals surface area contributed by atoms with E-state index in [0.29, 0.717) is 18.2 Å². The number of carbonyl (C=O) groups is 1. The number of hydrogen-bond donors (Lipinski definition) is 0. The standard InChI is InChI=1S/C27H33FN4O2/c1-4-23-25(5-2)32(16-20-9-8-19(13-24(20)28)21-14-29-30(3)15-21)26(33)27(23)10-11-31(18-27)22-7-6-12-34-17-22/h4-5,8-9,13-15,22H,6-7,10-12,16-18H2,1-3H3. The van der Waals surface area contributed by atoms with E-state index in [2.05, 4.69) is 16.1 Å². The third-order valence-corrected chi connectivity index (χ3v) is 7.67. The zero-order valence-corrected chi connectivity index (χ0v) is 20.3. The van der Waals surface area contributed by atoms with E-state index in [4.69, 9.17) is 4.74 Å². The van der Waals surface area contributed by atoms with Gasteiger partial charge in [-0.25, -0.2) is 4.39 Å². The number of likely N-dealkylation sites (tertiary alicyclic amines) is 2. The van der Waals surface area contributed by atoms with Crippen LogP contribution in [0.4, 0.5) is 4.39 Å². The van der Waals surface area contributed by atoms with Crippen molar-refractivity contribution in [1.82, 2.24) is 19.6 Å². The van der Waals surface area contributed by atoms with Crippen molar-refractivity contribution < 1.29 is 13.9 Å². The maximum atomic E-state index is 15.2. The Bertz CT molecular complexity index is 1150. The van der Waals surface area contributed by atoms with Crippen molar-refractivity contribution in [2.75, 3.05) is 26.3 Å². The molecule has 4 heterocycles. The Morgan fingerprint density at radius 2 is 2.12 bits per heavy atom. The summed E-state index contributed by atoms with van der Waals surface area (Å²) in [4.78, 5) is 18.2. The van der Waals surface area contributed by atoms with Crippen molar-refractivity contribution >= 4 is 5.91 Å². The SMILES string of the molecule is CC=C1C(=CC)C2(CCN(C3CCCOC3)C2)C(=O)N1Cc1ccc(-c2cnn(C)c2)cc1F. The molecule has 6 nitrogen and oxygen atoms in total. The van der Waals surface area contributed by atoms with Gasteiger partial charge >= 0.3 is 0 Å². The van der Waals surface area contributed by atoms with Crippen LogP contribution in [0.2, 0.25) is 0 Å². The zero-order valence-electron chi connectivity index (χ0n) is 20.3. The minimum Gasteiger partial charge on any atom is -0.380 e. The van der Waals surface area contributed by atoms with Crippen molar-refractivity contribution in [3.63, 3.8) is 0 Å². The summed E-state index contributed by atoms with van der Waals surface area (Å²) in [5, 5.41) is 4.17. The number of amides is 1. The monoisotopic (exact) mass is 464 g/mol. The molecule has 0 aliphatic carbocycles. The topological polar surface area (TPSA) is 50.6 Å². The van der Waals surface area contributed by atoms with E-state index in [0.717, 1.165) is 61.4 Å². The van der Waals surface area contributed by atoms with E-state index < -0.39 is 5.41 Å². The molecule has 2 unspecified atom stereocenters. The predicted molar refractivity (Wildman–Crippen MR) is 129 cm³/mol. The Kier molecular flexibility index (Phi) is 6.16. The molecule has 3 fully saturated rings. The quantitative estimate of drug-likeness (QED) is 0.678. The number of rotatable bonds is 4. The first-order valence-electron chi connectivity index (χ1n) is 12.2. The Labute approximate surface area is 200 Å².